The fourth-order valence-corrected chi connectivity index (χ4v) is 2.05. The molecule has 0 aliphatic carbocycles. The maximum absolute atomic E-state index is 4.08. The van der Waals surface area contributed by atoms with Crippen molar-refractivity contribution >= 4 is 22.4 Å². The smallest absolute Gasteiger partial charge is 0.0650 e. The lowest BCUT2D eigenvalue weighted by Gasteiger charge is -1.95. The van der Waals surface area contributed by atoms with Gasteiger partial charge in [-0.15, -0.1) is 0 Å². The zero-order valence-electron chi connectivity index (χ0n) is 7.27. The summed E-state index contributed by atoms with van der Waals surface area (Å²) in [6, 6.07) is 8.25. The number of rotatable bonds is 1. The molecule has 1 N–H and O–H groups in total. The molecule has 0 saturated heterocycles. The summed E-state index contributed by atoms with van der Waals surface area (Å²) in [5.41, 5.74) is 2.26. The molecular formula is C10H7N3S. The van der Waals surface area contributed by atoms with Crippen LogP contribution in [0.25, 0.3) is 21.3 Å². The van der Waals surface area contributed by atoms with Crippen molar-refractivity contribution in [3.05, 3.63) is 36.7 Å². The number of nitrogens with zero attached hydrogens (tertiary/aromatic N) is 2. The Morgan fingerprint density at radius 3 is 3.07 bits per heavy atom. The molecule has 0 unspecified atom stereocenters. The van der Waals surface area contributed by atoms with Crippen molar-refractivity contribution in [1.82, 2.24) is 14.6 Å². The first-order valence-corrected chi connectivity index (χ1v) is 5.05. The van der Waals surface area contributed by atoms with Crippen LogP contribution in [-0.4, -0.2) is 14.6 Å². The van der Waals surface area contributed by atoms with E-state index in [1.807, 2.05) is 24.5 Å². The summed E-state index contributed by atoms with van der Waals surface area (Å²) in [7, 11) is 0. The van der Waals surface area contributed by atoms with Gasteiger partial charge in [0.05, 0.1) is 16.6 Å². The van der Waals surface area contributed by atoms with Crippen LogP contribution in [-0.2, 0) is 0 Å². The molecule has 3 aromatic rings. The van der Waals surface area contributed by atoms with Crippen LogP contribution in [0.5, 0.6) is 0 Å². The lowest BCUT2D eigenvalue weighted by molar-refractivity contribution is 1.12. The number of H-pyrrole nitrogens is 1. The monoisotopic (exact) mass is 201 g/mol. The van der Waals surface area contributed by atoms with Gasteiger partial charge in [0.1, 0.15) is 0 Å². The quantitative estimate of drug-likeness (QED) is 0.657. The molecule has 4 heteroatoms. The predicted octanol–water partition coefficient (Wildman–Crippen LogP) is 2.69. The molecule has 2 aromatic heterocycles. The first-order chi connectivity index (χ1) is 6.93. The number of aromatic nitrogens is 3. The first-order valence-electron chi connectivity index (χ1n) is 4.28. The van der Waals surface area contributed by atoms with E-state index in [1.165, 1.54) is 22.0 Å². The molecule has 0 aliphatic heterocycles. The van der Waals surface area contributed by atoms with Crippen molar-refractivity contribution in [2.45, 2.75) is 0 Å². The van der Waals surface area contributed by atoms with Crippen molar-refractivity contribution in [3.63, 3.8) is 0 Å². The second-order valence-corrected chi connectivity index (χ2v) is 3.88. The van der Waals surface area contributed by atoms with Gasteiger partial charge in [0.25, 0.3) is 0 Å². The van der Waals surface area contributed by atoms with E-state index in [1.54, 1.807) is 0 Å². The highest BCUT2D eigenvalue weighted by Crippen LogP contribution is 2.25. The van der Waals surface area contributed by atoms with Crippen molar-refractivity contribution in [2.24, 2.45) is 0 Å². The number of nitrogens with one attached hydrogen (secondary N) is 1. The van der Waals surface area contributed by atoms with Crippen molar-refractivity contribution in [3.8, 4) is 10.4 Å². The van der Waals surface area contributed by atoms with Gasteiger partial charge in [0, 0.05) is 11.6 Å². The third kappa shape index (κ3) is 1.12. The van der Waals surface area contributed by atoms with E-state index in [2.05, 4.69) is 26.7 Å². The molecule has 0 bridgehead atoms. The minimum atomic E-state index is 1.07. The molecule has 3 rings (SSSR count). The Hall–Kier alpha value is -1.68. The highest BCUT2D eigenvalue weighted by molar-refractivity contribution is 7.09. The van der Waals surface area contributed by atoms with Gasteiger partial charge >= 0.3 is 0 Å². The lowest BCUT2D eigenvalue weighted by atomic mass is 10.1. The van der Waals surface area contributed by atoms with Crippen LogP contribution in [0, 0.1) is 0 Å². The number of hydrogen-bond donors (Lipinski definition) is 1. The maximum atomic E-state index is 4.08. The van der Waals surface area contributed by atoms with Gasteiger partial charge < -0.3 is 0 Å². The van der Waals surface area contributed by atoms with Crippen molar-refractivity contribution in [1.29, 1.82) is 0 Å². The summed E-state index contributed by atoms with van der Waals surface area (Å²) in [6.45, 7) is 0. The largest absolute Gasteiger partial charge is 0.278 e. The summed E-state index contributed by atoms with van der Waals surface area (Å²) in [4.78, 5) is 1.19. The fraction of sp³-hybridized carbons (Fsp3) is 0. The molecule has 0 aliphatic rings. The van der Waals surface area contributed by atoms with Crippen LogP contribution >= 0.6 is 11.5 Å². The molecule has 0 radical (unpaired) electrons. The average Bonchev–Trinajstić information content (AvgIpc) is 2.88. The normalized spacial score (nSPS) is 10.9. The first kappa shape index (κ1) is 7.70. The molecule has 0 saturated carbocycles. The molecule has 1 aromatic carbocycles. The van der Waals surface area contributed by atoms with Gasteiger partial charge in [-0.05, 0) is 35.3 Å². The lowest BCUT2D eigenvalue weighted by Crippen LogP contribution is -1.72. The molecule has 2 heterocycles. The van der Waals surface area contributed by atoms with Gasteiger partial charge in [0.2, 0.25) is 0 Å². The Morgan fingerprint density at radius 2 is 2.21 bits per heavy atom. The van der Waals surface area contributed by atoms with Crippen molar-refractivity contribution in [2.75, 3.05) is 0 Å². The van der Waals surface area contributed by atoms with Crippen LogP contribution < -0.4 is 0 Å². The Balaban J connectivity index is 2.23. The van der Waals surface area contributed by atoms with E-state index in [4.69, 9.17) is 0 Å². The highest BCUT2D eigenvalue weighted by atomic mass is 32.1. The third-order valence-corrected chi connectivity index (χ3v) is 2.96. The minimum Gasteiger partial charge on any atom is -0.278 e. The van der Waals surface area contributed by atoms with E-state index in [9.17, 15) is 0 Å². The molecule has 3 nitrogen and oxygen atoms in total. The molecule has 0 fully saturated rings. The second-order valence-electron chi connectivity index (χ2n) is 3.05. The summed E-state index contributed by atoms with van der Waals surface area (Å²) in [5.74, 6) is 0. The fourth-order valence-electron chi connectivity index (χ4n) is 1.46. The topological polar surface area (TPSA) is 41.6 Å². The van der Waals surface area contributed by atoms with Crippen LogP contribution in [0.15, 0.2) is 36.7 Å². The van der Waals surface area contributed by atoms with Crippen LogP contribution in [0.2, 0.25) is 0 Å². The number of hydrogen-bond acceptors (Lipinski definition) is 3. The van der Waals surface area contributed by atoms with Gasteiger partial charge in [-0.1, -0.05) is 6.07 Å². The van der Waals surface area contributed by atoms with E-state index in [-0.39, 0.29) is 0 Å². The predicted molar refractivity (Wildman–Crippen MR) is 57.2 cm³/mol. The number of aromatic amines is 1. The Morgan fingerprint density at radius 1 is 1.21 bits per heavy atom. The van der Waals surface area contributed by atoms with Gasteiger partial charge in [-0.2, -0.15) is 5.10 Å². The maximum Gasteiger partial charge on any atom is 0.0650 e. The zero-order valence-corrected chi connectivity index (χ0v) is 8.08. The summed E-state index contributed by atoms with van der Waals surface area (Å²) in [6.07, 6.45) is 3.65. The van der Waals surface area contributed by atoms with E-state index >= 15 is 0 Å². The number of benzene rings is 1. The number of fused-ring (bicyclic) bond motifs is 1. The van der Waals surface area contributed by atoms with E-state index < -0.39 is 0 Å². The molecule has 68 valence electrons. The van der Waals surface area contributed by atoms with Crippen molar-refractivity contribution < 1.29 is 0 Å². The average molecular weight is 201 g/mol. The Bertz CT molecular complexity index is 554. The van der Waals surface area contributed by atoms with Crippen LogP contribution in [0.3, 0.4) is 0 Å². The third-order valence-electron chi connectivity index (χ3n) is 2.16. The SMILES string of the molecule is c1cc(-c2ccc3[nH]ncc3c2)sn1. The van der Waals surface area contributed by atoms with Gasteiger partial charge in [-0.25, -0.2) is 4.37 Å². The van der Waals surface area contributed by atoms with Crippen LogP contribution in [0.4, 0.5) is 0 Å². The molecule has 0 atom stereocenters. The standard InChI is InChI=1S/C10H7N3S/c1-2-9-8(6-11-13-9)5-7(1)10-3-4-12-14-10/h1-6H,(H,11,13). The van der Waals surface area contributed by atoms with E-state index in [0.717, 1.165) is 10.9 Å². The van der Waals surface area contributed by atoms with E-state index in [0.29, 0.717) is 0 Å². The highest BCUT2D eigenvalue weighted by Gasteiger charge is 2.01. The summed E-state index contributed by atoms with van der Waals surface area (Å²) >= 11 is 1.51. The molecule has 0 spiro atoms. The second kappa shape index (κ2) is 2.92. The molecule has 14 heavy (non-hydrogen) atoms. The summed E-state index contributed by atoms with van der Waals surface area (Å²) < 4.78 is 4.08. The molecule has 0 amide bonds. The summed E-state index contributed by atoms with van der Waals surface area (Å²) in [5, 5.41) is 8.05. The molecular weight excluding hydrogens is 194 g/mol. The Kier molecular flexibility index (Phi) is 1.61. The van der Waals surface area contributed by atoms with Gasteiger partial charge in [-0.3, -0.25) is 5.10 Å². The van der Waals surface area contributed by atoms with Crippen LogP contribution in [0.1, 0.15) is 0 Å². The zero-order chi connectivity index (χ0) is 9.38. The minimum absolute atomic E-state index is 1.07. The van der Waals surface area contributed by atoms with Gasteiger partial charge in [0.15, 0.2) is 0 Å². The Labute approximate surface area is 84.6 Å².